The largest absolute Gasteiger partial charge is 0.484 e. The van der Waals surface area contributed by atoms with Crippen LogP contribution in [-0.2, 0) is 17.9 Å². The molecule has 4 nitrogen and oxygen atoms in total. The van der Waals surface area contributed by atoms with Crippen molar-refractivity contribution in [1.29, 1.82) is 0 Å². The molecule has 0 unspecified atom stereocenters. The van der Waals surface area contributed by atoms with Gasteiger partial charge in [-0.15, -0.1) is 0 Å². The molecule has 0 saturated heterocycles. The van der Waals surface area contributed by atoms with Crippen LogP contribution in [0.5, 0.6) is 5.75 Å². The van der Waals surface area contributed by atoms with E-state index < -0.39 is 0 Å². The van der Waals surface area contributed by atoms with Gasteiger partial charge in [0.2, 0.25) is 0 Å². The highest BCUT2D eigenvalue weighted by atomic mass is 16.5. The number of hydrogen-bond donors (Lipinski definition) is 2. The van der Waals surface area contributed by atoms with E-state index in [0.29, 0.717) is 12.3 Å². The molecular formula is C17H19NO3. The standard InChI is InChI=1S/C17H19NO3/c1-13-6-2-5-9-16(13)21-12-17(20)18-10-14-7-3-4-8-15(14)11-19/h2-9,19H,10-12H2,1H3,(H,18,20). The Morgan fingerprint density at radius 1 is 1.10 bits per heavy atom. The molecule has 0 atom stereocenters. The van der Waals surface area contributed by atoms with Crippen molar-refractivity contribution < 1.29 is 14.6 Å². The van der Waals surface area contributed by atoms with Gasteiger partial charge in [0.25, 0.3) is 5.91 Å². The molecule has 0 aromatic heterocycles. The van der Waals surface area contributed by atoms with Crippen molar-refractivity contribution in [2.24, 2.45) is 0 Å². The Kier molecular flexibility index (Phi) is 5.35. The lowest BCUT2D eigenvalue weighted by Crippen LogP contribution is -2.28. The summed E-state index contributed by atoms with van der Waals surface area (Å²) in [5.41, 5.74) is 2.72. The molecule has 0 bridgehead atoms. The zero-order valence-corrected chi connectivity index (χ0v) is 12.0. The van der Waals surface area contributed by atoms with E-state index in [-0.39, 0.29) is 19.1 Å². The molecule has 1 amide bonds. The van der Waals surface area contributed by atoms with E-state index in [9.17, 15) is 9.90 Å². The maximum Gasteiger partial charge on any atom is 0.258 e. The number of aryl methyl sites for hydroxylation is 1. The van der Waals surface area contributed by atoms with Gasteiger partial charge in [-0.25, -0.2) is 0 Å². The number of para-hydroxylation sites is 1. The van der Waals surface area contributed by atoms with Crippen LogP contribution in [0.2, 0.25) is 0 Å². The number of hydrogen-bond acceptors (Lipinski definition) is 3. The molecule has 0 aliphatic heterocycles. The van der Waals surface area contributed by atoms with E-state index in [2.05, 4.69) is 5.32 Å². The van der Waals surface area contributed by atoms with Crippen LogP contribution >= 0.6 is 0 Å². The third kappa shape index (κ3) is 4.33. The molecule has 0 radical (unpaired) electrons. The first-order chi connectivity index (χ1) is 10.2. The lowest BCUT2D eigenvalue weighted by atomic mass is 10.1. The number of carbonyl (C=O) groups excluding carboxylic acids is 1. The minimum atomic E-state index is -0.189. The average Bonchev–Trinajstić information content (AvgIpc) is 2.52. The van der Waals surface area contributed by atoms with Crippen LogP contribution in [0.15, 0.2) is 48.5 Å². The summed E-state index contributed by atoms with van der Waals surface area (Å²) in [6.07, 6.45) is 0. The SMILES string of the molecule is Cc1ccccc1OCC(=O)NCc1ccccc1CO. The third-order valence-electron chi connectivity index (χ3n) is 3.22. The molecule has 0 aliphatic rings. The van der Waals surface area contributed by atoms with E-state index >= 15 is 0 Å². The van der Waals surface area contributed by atoms with Gasteiger partial charge in [-0.05, 0) is 29.7 Å². The zero-order chi connectivity index (χ0) is 15.1. The summed E-state index contributed by atoms with van der Waals surface area (Å²) in [6.45, 7) is 2.26. The van der Waals surface area contributed by atoms with E-state index in [1.165, 1.54) is 0 Å². The molecule has 2 rings (SSSR count). The van der Waals surface area contributed by atoms with Crippen LogP contribution in [0.1, 0.15) is 16.7 Å². The van der Waals surface area contributed by atoms with Gasteiger partial charge in [0, 0.05) is 6.54 Å². The summed E-state index contributed by atoms with van der Waals surface area (Å²) in [5.74, 6) is 0.523. The monoisotopic (exact) mass is 285 g/mol. The van der Waals surface area contributed by atoms with Crippen LogP contribution in [0.25, 0.3) is 0 Å². The average molecular weight is 285 g/mol. The van der Waals surface area contributed by atoms with Gasteiger partial charge in [0.1, 0.15) is 5.75 Å². The van der Waals surface area contributed by atoms with Gasteiger partial charge in [0.15, 0.2) is 6.61 Å². The minimum Gasteiger partial charge on any atom is -0.484 e. The van der Waals surface area contributed by atoms with Gasteiger partial charge < -0.3 is 15.2 Å². The number of aliphatic hydroxyl groups excluding tert-OH is 1. The minimum absolute atomic E-state index is 0.0217. The van der Waals surface area contributed by atoms with Crippen molar-refractivity contribution in [1.82, 2.24) is 5.32 Å². The van der Waals surface area contributed by atoms with Crippen molar-refractivity contribution in [2.75, 3.05) is 6.61 Å². The van der Waals surface area contributed by atoms with Crippen molar-refractivity contribution in [3.63, 3.8) is 0 Å². The summed E-state index contributed by atoms with van der Waals surface area (Å²) in [7, 11) is 0. The Labute approximate surface area is 124 Å². The van der Waals surface area contributed by atoms with Crippen LogP contribution in [0.3, 0.4) is 0 Å². The second-order valence-corrected chi connectivity index (χ2v) is 4.76. The first-order valence-corrected chi connectivity index (χ1v) is 6.83. The Hall–Kier alpha value is -2.33. The van der Waals surface area contributed by atoms with Crippen molar-refractivity contribution in [3.8, 4) is 5.75 Å². The Morgan fingerprint density at radius 2 is 1.76 bits per heavy atom. The molecule has 2 aromatic carbocycles. The van der Waals surface area contributed by atoms with Crippen molar-refractivity contribution in [2.45, 2.75) is 20.1 Å². The van der Waals surface area contributed by atoms with Crippen molar-refractivity contribution in [3.05, 3.63) is 65.2 Å². The lowest BCUT2D eigenvalue weighted by Gasteiger charge is -2.11. The smallest absolute Gasteiger partial charge is 0.258 e. The van der Waals surface area contributed by atoms with Gasteiger partial charge in [-0.2, -0.15) is 0 Å². The van der Waals surface area contributed by atoms with Gasteiger partial charge >= 0.3 is 0 Å². The van der Waals surface area contributed by atoms with Crippen molar-refractivity contribution >= 4 is 5.91 Å². The third-order valence-corrected chi connectivity index (χ3v) is 3.22. The topological polar surface area (TPSA) is 58.6 Å². The molecular weight excluding hydrogens is 266 g/mol. The fraction of sp³-hybridized carbons (Fsp3) is 0.235. The van der Waals surface area contributed by atoms with Gasteiger partial charge in [-0.1, -0.05) is 42.5 Å². The fourth-order valence-electron chi connectivity index (χ4n) is 1.99. The first kappa shape index (κ1) is 15.1. The predicted octanol–water partition coefficient (Wildman–Crippen LogP) is 2.18. The molecule has 0 fully saturated rings. The van der Waals surface area contributed by atoms with E-state index in [1.807, 2.05) is 55.5 Å². The second kappa shape index (κ2) is 7.45. The molecule has 0 spiro atoms. The Balaban J connectivity index is 1.84. The highest BCUT2D eigenvalue weighted by Gasteiger charge is 2.06. The number of carbonyl (C=O) groups is 1. The van der Waals surface area contributed by atoms with Crippen LogP contribution in [0, 0.1) is 6.92 Å². The molecule has 4 heteroatoms. The van der Waals surface area contributed by atoms with Gasteiger partial charge in [0.05, 0.1) is 6.61 Å². The summed E-state index contributed by atoms with van der Waals surface area (Å²) < 4.78 is 5.48. The summed E-state index contributed by atoms with van der Waals surface area (Å²) in [5, 5.41) is 12.0. The van der Waals surface area contributed by atoms with E-state index in [1.54, 1.807) is 0 Å². The van der Waals surface area contributed by atoms with Crippen LogP contribution in [0.4, 0.5) is 0 Å². The number of ether oxygens (including phenoxy) is 1. The zero-order valence-electron chi connectivity index (χ0n) is 12.0. The molecule has 2 aromatic rings. The quantitative estimate of drug-likeness (QED) is 0.855. The molecule has 0 saturated carbocycles. The van der Waals surface area contributed by atoms with Crippen LogP contribution < -0.4 is 10.1 Å². The predicted molar refractivity (Wildman–Crippen MR) is 80.9 cm³/mol. The number of amides is 1. The van der Waals surface area contributed by atoms with Crippen LogP contribution in [-0.4, -0.2) is 17.6 Å². The lowest BCUT2D eigenvalue weighted by molar-refractivity contribution is -0.123. The second-order valence-electron chi connectivity index (χ2n) is 4.76. The molecule has 21 heavy (non-hydrogen) atoms. The Bertz CT molecular complexity index is 610. The Morgan fingerprint density at radius 3 is 2.48 bits per heavy atom. The highest BCUT2D eigenvalue weighted by Crippen LogP contribution is 2.15. The molecule has 110 valence electrons. The van der Waals surface area contributed by atoms with Gasteiger partial charge in [-0.3, -0.25) is 4.79 Å². The normalized spacial score (nSPS) is 10.2. The summed E-state index contributed by atoms with van der Waals surface area (Å²) in [4.78, 5) is 11.8. The first-order valence-electron chi connectivity index (χ1n) is 6.83. The number of rotatable bonds is 6. The highest BCUT2D eigenvalue weighted by molar-refractivity contribution is 5.77. The van der Waals surface area contributed by atoms with E-state index in [4.69, 9.17) is 4.74 Å². The molecule has 0 aliphatic carbocycles. The fourth-order valence-corrected chi connectivity index (χ4v) is 1.99. The maximum atomic E-state index is 11.8. The van der Waals surface area contributed by atoms with E-state index in [0.717, 1.165) is 16.7 Å². The number of aliphatic hydroxyl groups is 1. The molecule has 0 heterocycles. The number of nitrogens with one attached hydrogen (secondary N) is 1. The maximum absolute atomic E-state index is 11.8. The summed E-state index contributed by atoms with van der Waals surface area (Å²) >= 11 is 0. The summed E-state index contributed by atoms with van der Waals surface area (Å²) in [6, 6.07) is 15.0. The molecule has 2 N–H and O–H groups in total. The number of benzene rings is 2.